The maximum absolute atomic E-state index is 13.0. The highest BCUT2D eigenvalue weighted by atomic mass is 32.1. The van der Waals surface area contributed by atoms with Crippen LogP contribution in [0.4, 0.5) is 4.39 Å². The van der Waals surface area contributed by atoms with Crippen molar-refractivity contribution in [3.8, 4) is 11.3 Å². The molecule has 0 saturated heterocycles. The molecule has 2 N–H and O–H groups in total. The molecule has 1 aliphatic carbocycles. The average molecular weight is 384 g/mol. The molecule has 5 nitrogen and oxygen atoms in total. The smallest absolute Gasteiger partial charge is 0.305 e. The summed E-state index contributed by atoms with van der Waals surface area (Å²) in [7, 11) is 0. The molecule has 1 aromatic carbocycles. The molecule has 0 atom stereocenters. The lowest BCUT2D eigenvalue weighted by Crippen LogP contribution is -2.41. The predicted octanol–water partition coefficient (Wildman–Crippen LogP) is 4.10. The van der Waals surface area contributed by atoms with Gasteiger partial charge in [0.25, 0.3) is 5.91 Å². The molecular weight excluding hydrogens is 367 g/mol. The maximum Gasteiger partial charge on any atom is 0.305 e. The van der Waals surface area contributed by atoms with Crippen LogP contribution >= 0.6 is 11.3 Å². The van der Waals surface area contributed by atoms with Gasteiger partial charge in [0.2, 0.25) is 0 Å². The molecular formula is C20H17FN2O3S. The Morgan fingerprint density at radius 1 is 0.963 bits per heavy atom. The Balaban J connectivity index is 1.40. The minimum Gasteiger partial charge on any atom is -0.451 e. The number of carbonyl (C=O) groups is 2. The van der Waals surface area contributed by atoms with Gasteiger partial charge >= 0.3 is 5.91 Å². The molecule has 0 radical (unpaired) electrons. The zero-order chi connectivity index (χ0) is 18.8. The first-order chi connectivity index (χ1) is 13.1. The average Bonchev–Trinajstić information content (AvgIpc) is 3.34. The van der Waals surface area contributed by atoms with Crippen LogP contribution < -0.4 is 10.9 Å². The van der Waals surface area contributed by atoms with Crippen molar-refractivity contribution in [2.45, 2.75) is 25.7 Å². The molecule has 0 fully saturated rings. The van der Waals surface area contributed by atoms with E-state index in [4.69, 9.17) is 4.42 Å². The van der Waals surface area contributed by atoms with Crippen LogP contribution in [0.5, 0.6) is 0 Å². The predicted molar refractivity (Wildman–Crippen MR) is 100.0 cm³/mol. The fraction of sp³-hybridized carbons (Fsp3) is 0.200. The lowest BCUT2D eigenvalue weighted by Gasteiger charge is -2.12. The normalized spacial score (nSPS) is 13.1. The van der Waals surface area contributed by atoms with Crippen molar-refractivity contribution in [2.24, 2.45) is 0 Å². The summed E-state index contributed by atoms with van der Waals surface area (Å²) in [4.78, 5) is 25.9. The summed E-state index contributed by atoms with van der Waals surface area (Å²) in [5.41, 5.74) is 7.20. The SMILES string of the molecule is O=C(NNC(=O)c1csc2c1CCCC2)c1ccc(-c2ccc(F)cc2)o1. The van der Waals surface area contributed by atoms with Gasteiger partial charge in [0.15, 0.2) is 5.76 Å². The van der Waals surface area contributed by atoms with Crippen molar-refractivity contribution < 1.29 is 18.4 Å². The molecule has 3 aromatic rings. The van der Waals surface area contributed by atoms with Crippen molar-refractivity contribution in [1.82, 2.24) is 10.9 Å². The maximum atomic E-state index is 13.0. The zero-order valence-corrected chi connectivity index (χ0v) is 15.2. The molecule has 2 amide bonds. The van der Waals surface area contributed by atoms with Gasteiger partial charge in [0.05, 0.1) is 5.56 Å². The van der Waals surface area contributed by atoms with Crippen molar-refractivity contribution in [3.05, 3.63) is 69.4 Å². The van der Waals surface area contributed by atoms with Gasteiger partial charge in [-0.25, -0.2) is 4.39 Å². The van der Waals surface area contributed by atoms with Gasteiger partial charge in [0, 0.05) is 15.8 Å². The number of furan rings is 1. The highest BCUT2D eigenvalue weighted by Crippen LogP contribution is 2.30. The zero-order valence-electron chi connectivity index (χ0n) is 14.4. The van der Waals surface area contributed by atoms with Gasteiger partial charge in [-0.2, -0.15) is 0 Å². The van der Waals surface area contributed by atoms with E-state index < -0.39 is 5.91 Å². The molecule has 138 valence electrons. The molecule has 1 aliphatic rings. The summed E-state index contributed by atoms with van der Waals surface area (Å²) in [6.45, 7) is 0. The van der Waals surface area contributed by atoms with E-state index in [-0.39, 0.29) is 17.5 Å². The monoisotopic (exact) mass is 384 g/mol. The van der Waals surface area contributed by atoms with Gasteiger partial charge in [-0.3, -0.25) is 20.4 Å². The van der Waals surface area contributed by atoms with Gasteiger partial charge in [-0.05, 0) is 67.6 Å². The summed E-state index contributed by atoms with van der Waals surface area (Å²) < 4.78 is 18.5. The summed E-state index contributed by atoms with van der Waals surface area (Å²) >= 11 is 1.59. The van der Waals surface area contributed by atoms with E-state index in [1.165, 1.54) is 23.1 Å². The standard InChI is InChI=1S/C20H17FN2O3S/c21-13-7-5-12(6-8-13)16-9-10-17(26-16)20(25)23-22-19(24)15-11-27-18-4-2-1-3-14(15)18/h5-11H,1-4H2,(H,22,24)(H,23,25). The number of amides is 2. The molecule has 0 saturated carbocycles. The molecule has 0 spiro atoms. The number of hydrogen-bond donors (Lipinski definition) is 2. The largest absolute Gasteiger partial charge is 0.451 e. The Morgan fingerprint density at radius 3 is 2.52 bits per heavy atom. The van der Waals surface area contributed by atoms with Crippen molar-refractivity contribution in [3.63, 3.8) is 0 Å². The lowest BCUT2D eigenvalue weighted by molar-refractivity contribution is 0.0831. The minimum absolute atomic E-state index is 0.0574. The van der Waals surface area contributed by atoms with E-state index in [0.717, 1.165) is 31.2 Å². The number of nitrogens with one attached hydrogen (secondary N) is 2. The fourth-order valence-electron chi connectivity index (χ4n) is 3.16. The Bertz CT molecular complexity index is 991. The first kappa shape index (κ1) is 17.5. The third-order valence-corrected chi connectivity index (χ3v) is 5.64. The van der Waals surface area contributed by atoms with Gasteiger partial charge < -0.3 is 4.42 Å². The number of carbonyl (C=O) groups excluding carboxylic acids is 2. The molecule has 0 unspecified atom stereocenters. The molecule has 0 bridgehead atoms. The van der Waals surface area contributed by atoms with E-state index >= 15 is 0 Å². The highest BCUT2D eigenvalue weighted by Gasteiger charge is 2.21. The van der Waals surface area contributed by atoms with Crippen molar-refractivity contribution >= 4 is 23.2 Å². The van der Waals surface area contributed by atoms with E-state index in [1.807, 2.05) is 5.38 Å². The van der Waals surface area contributed by atoms with Crippen LogP contribution in [0.15, 0.2) is 46.2 Å². The molecule has 2 aromatic heterocycles. The van der Waals surface area contributed by atoms with Gasteiger partial charge in [-0.15, -0.1) is 11.3 Å². The third-order valence-electron chi connectivity index (χ3n) is 4.55. The first-order valence-corrected chi connectivity index (χ1v) is 9.55. The Labute approximate surface area is 159 Å². The molecule has 2 heterocycles. The van der Waals surface area contributed by atoms with Crippen molar-refractivity contribution in [1.29, 1.82) is 0 Å². The van der Waals surface area contributed by atoms with Gasteiger partial charge in [0.1, 0.15) is 11.6 Å². The summed E-state index contributed by atoms with van der Waals surface area (Å²) in [6.07, 6.45) is 4.14. The van der Waals surface area contributed by atoms with Gasteiger partial charge in [-0.1, -0.05) is 0 Å². The number of hydrazine groups is 1. The molecule has 27 heavy (non-hydrogen) atoms. The number of rotatable bonds is 3. The minimum atomic E-state index is -0.555. The fourth-order valence-corrected chi connectivity index (χ4v) is 4.28. The van der Waals surface area contributed by atoms with E-state index in [2.05, 4.69) is 10.9 Å². The van der Waals surface area contributed by atoms with Crippen LogP contribution in [-0.4, -0.2) is 11.8 Å². The quantitative estimate of drug-likeness (QED) is 0.668. The van der Waals surface area contributed by atoms with Crippen LogP contribution in [0.3, 0.4) is 0 Å². The molecule has 4 rings (SSSR count). The van der Waals surface area contributed by atoms with E-state index in [0.29, 0.717) is 16.9 Å². The van der Waals surface area contributed by atoms with E-state index in [9.17, 15) is 14.0 Å². The number of aryl methyl sites for hydroxylation is 1. The first-order valence-electron chi connectivity index (χ1n) is 8.67. The lowest BCUT2D eigenvalue weighted by atomic mass is 9.96. The summed E-state index contributed by atoms with van der Waals surface area (Å²) in [5, 5.41) is 1.84. The van der Waals surface area contributed by atoms with Crippen LogP contribution in [0.25, 0.3) is 11.3 Å². The molecule has 0 aliphatic heterocycles. The second-order valence-corrected chi connectivity index (χ2v) is 7.30. The number of thiophene rings is 1. The second kappa shape index (κ2) is 7.36. The number of hydrogen-bond acceptors (Lipinski definition) is 4. The molecule has 7 heteroatoms. The number of halogens is 1. The van der Waals surface area contributed by atoms with Crippen LogP contribution in [0, 0.1) is 5.82 Å². The van der Waals surface area contributed by atoms with E-state index in [1.54, 1.807) is 29.5 Å². The van der Waals surface area contributed by atoms with Crippen LogP contribution in [0.1, 0.15) is 44.2 Å². The van der Waals surface area contributed by atoms with Crippen LogP contribution in [0.2, 0.25) is 0 Å². The third kappa shape index (κ3) is 3.64. The topological polar surface area (TPSA) is 71.3 Å². The summed E-state index contributed by atoms with van der Waals surface area (Å²) in [6, 6.07) is 8.90. The second-order valence-electron chi connectivity index (χ2n) is 6.34. The number of fused-ring (bicyclic) bond motifs is 1. The Kier molecular flexibility index (Phi) is 4.77. The number of benzene rings is 1. The van der Waals surface area contributed by atoms with Crippen LogP contribution in [-0.2, 0) is 12.8 Å². The Morgan fingerprint density at radius 2 is 1.70 bits per heavy atom. The highest BCUT2D eigenvalue weighted by molar-refractivity contribution is 7.10. The van der Waals surface area contributed by atoms with Crippen molar-refractivity contribution in [2.75, 3.05) is 0 Å². The Hall–Kier alpha value is -2.93. The summed E-state index contributed by atoms with van der Waals surface area (Å²) in [5.74, 6) is -0.726.